The molecule has 2 aliphatic heterocycles. The monoisotopic (exact) mass is 393 g/mol. The van der Waals surface area contributed by atoms with Crippen LogP contribution in [0.1, 0.15) is 11.7 Å². The van der Waals surface area contributed by atoms with Gasteiger partial charge in [-0.15, -0.1) is 0 Å². The molecule has 0 spiro atoms. The summed E-state index contributed by atoms with van der Waals surface area (Å²) in [4.78, 5) is 14.6. The van der Waals surface area contributed by atoms with Crippen molar-refractivity contribution in [1.29, 1.82) is 0 Å². The zero-order chi connectivity index (χ0) is 18.1. The van der Waals surface area contributed by atoms with E-state index in [1.54, 1.807) is 17.0 Å². The maximum atomic E-state index is 12.9. The number of benzene rings is 2. The molecule has 0 bridgehead atoms. The van der Waals surface area contributed by atoms with Gasteiger partial charge in [-0.1, -0.05) is 35.3 Å². The van der Waals surface area contributed by atoms with Crippen LogP contribution in [0.5, 0.6) is 11.5 Å². The van der Waals surface area contributed by atoms with Crippen LogP contribution in [-0.2, 0) is 9.53 Å². The van der Waals surface area contributed by atoms with Crippen molar-refractivity contribution in [2.75, 3.05) is 26.3 Å². The number of amides is 1. The molecule has 0 radical (unpaired) electrons. The van der Waals surface area contributed by atoms with Crippen molar-refractivity contribution >= 4 is 29.1 Å². The molecule has 0 aliphatic carbocycles. The number of ether oxygens (including phenoxy) is 3. The second kappa shape index (κ2) is 7.35. The number of halogens is 2. The van der Waals surface area contributed by atoms with Crippen molar-refractivity contribution < 1.29 is 19.0 Å². The van der Waals surface area contributed by atoms with Crippen LogP contribution in [0.25, 0.3) is 0 Å². The molecule has 2 unspecified atom stereocenters. The molecule has 2 atom stereocenters. The van der Waals surface area contributed by atoms with Gasteiger partial charge in [0, 0.05) is 16.6 Å². The lowest BCUT2D eigenvalue weighted by Crippen LogP contribution is -2.50. The van der Waals surface area contributed by atoms with E-state index in [0.29, 0.717) is 41.2 Å². The first-order chi connectivity index (χ1) is 12.6. The summed E-state index contributed by atoms with van der Waals surface area (Å²) < 4.78 is 17.3. The molecule has 4 rings (SSSR count). The Morgan fingerprint density at radius 2 is 1.81 bits per heavy atom. The number of nitrogens with zero attached hydrogens (tertiary/aromatic N) is 1. The zero-order valence-corrected chi connectivity index (χ0v) is 15.4. The largest absolute Gasteiger partial charge is 0.485 e. The predicted octanol–water partition coefficient (Wildman–Crippen LogP) is 3.73. The van der Waals surface area contributed by atoms with Gasteiger partial charge in [0.05, 0.1) is 13.2 Å². The molecule has 0 N–H and O–H groups in total. The van der Waals surface area contributed by atoms with E-state index in [4.69, 9.17) is 37.4 Å². The highest BCUT2D eigenvalue weighted by Crippen LogP contribution is 2.32. The number of rotatable bonds is 2. The number of morpholine rings is 1. The Kier molecular flexibility index (Phi) is 4.94. The lowest BCUT2D eigenvalue weighted by Gasteiger charge is -2.36. The van der Waals surface area contributed by atoms with E-state index in [9.17, 15) is 4.79 Å². The predicted molar refractivity (Wildman–Crippen MR) is 98.1 cm³/mol. The summed E-state index contributed by atoms with van der Waals surface area (Å²) in [6.45, 7) is 1.55. The summed E-state index contributed by atoms with van der Waals surface area (Å²) in [5.74, 6) is 1.13. The SMILES string of the molecule is O=C(C1COc2ccccc2O1)N1CCOC(c2cc(Cl)cc(Cl)c2)C1. The quantitative estimate of drug-likeness (QED) is 0.779. The Balaban J connectivity index is 1.47. The van der Waals surface area contributed by atoms with Crippen LogP contribution >= 0.6 is 23.2 Å². The topological polar surface area (TPSA) is 48.0 Å². The van der Waals surface area contributed by atoms with Gasteiger partial charge in [0.15, 0.2) is 11.5 Å². The van der Waals surface area contributed by atoms with Gasteiger partial charge >= 0.3 is 0 Å². The van der Waals surface area contributed by atoms with E-state index in [1.807, 2.05) is 30.3 Å². The molecule has 2 heterocycles. The van der Waals surface area contributed by atoms with Crippen LogP contribution in [0.3, 0.4) is 0 Å². The lowest BCUT2D eigenvalue weighted by molar-refractivity contribution is -0.148. The second-order valence-electron chi connectivity index (χ2n) is 6.21. The molecular weight excluding hydrogens is 377 g/mol. The van der Waals surface area contributed by atoms with Crippen LogP contribution in [-0.4, -0.2) is 43.2 Å². The maximum Gasteiger partial charge on any atom is 0.267 e. The van der Waals surface area contributed by atoms with Crippen LogP contribution in [0, 0.1) is 0 Å². The number of hydrogen-bond donors (Lipinski definition) is 0. The average molecular weight is 394 g/mol. The summed E-state index contributed by atoms with van der Waals surface area (Å²) in [5.41, 5.74) is 0.853. The Labute approximate surface area is 161 Å². The van der Waals surface area contributed by atoms with E-state index in [2.05, 4.69) is 0 Å². The summed E-state index contributed by atoms with van der Waals surface area (Å²) >= 11 is 12.2. The van der Waals surface area contributed by atoms with Crippen molar-refractivity contribution in [3.05, 3.63) is 58.1 Å². The fraction of sp³-hybridized carbons (Fsp3) is 0.316. The minimum absolute atomic E-state index is 0.110. The van der Waals surface area contributed by atoms with Crippen LogP contribution in [0.15, 0.2) is 42.5 Å². The van der Waals surface area contributed by atoms with Gasteiger partial charge in [0.2, 0.25) is 6.10 Å². The molecular formula is C19H17Cl2NO4. The Morgan fingerprint density at radius 3 is 2.58 bits per heavy atom. The summed E-state index contributed by atoms with van der Waals surface area (Å²) in [6.07, 6.45) is -0.938. The molecule has 2 aromatic rings. The van der Waals surface area contributed by atoms with E-state index >= 15 is 0 Å². The van der Waals surface area contributed by atoms with Crippen LogP contribution in [0.2, 0.25) is 10.0 Å². The molecule has 136 valence electrons. The van der Waals surface area contributed by atoms with E-state index in [0.717, 1.165) is 5.56 Å². The van der Waals surface area contributed by atoms with Gasteiger partial charge < -0.3 is 19.1 Å². The molecule has 26 heavy (non-hydrogen) atoms. The van der Waals surface area contributed by atoms with Gasteiger partial charge in [-0.05, 0) is 35.9 Å². The Hall–Kier alpha value is -1.95. The van der Waals surface area contributed by atoms with Gasteiger partial charge in [-0.3, -0.25) is 4.79 Å². The minimum atomic E-state index is -0.661. The first kappa shape index (κ1) is 17.5. The van der Waals surface area contributed by atoms with Crippen molar-refractivity contribution in [2.24, 2.45) is 0 Å². The molecule has 1 amide bonds. The van der Waals surface area contributed by atoms with Gasteiger partial charge in [-0.2, -0.15) is 0 Å². The minimum Gasteiger partial charge on any atom is -0.485 e. The highest BCUT2D eigenvalue weighted by molar-refractivity contribution is 6.34. The molecule has 0 saturated carbocycles. The highest BCUT2D eigenvalue weighted by atomic mass is 35.5. The Morgan fingerprint density at radius 1 is 1.08 bits per heavy atom. The zero-order valence-electron chi connectivity index (χ0n) is 13.9. The third-order valence-corrected chi connectivity index (χ3v) is 4.86. The van der Waals surface area contributed by atoms with Crippen molar-refractivity contribution in [3.8, 4) is 11.5 Å². The summed E-state index contributed by atoms with van der Waals surface area (Å²) in [6, 6.07) is 12.6. The van der Waals surface area contributed by atoms with Crippen LogP contribution in [0.4, 0.5) is 0 Å². The third-order valence-electron chi connectivity index (χ3n) is 4.42. The number of fused-ring (bicyclic) bond motifs is 1. The second-order valence-corrected chi connectivity index (χ2v) is 7.08. The fourth-order valence-electron chi connectivity index (χ4n) is 3.16. The van der Waals surface area contributed by atoms with Crippen LogP contribution < -0.4 is 9.47 Å². The normalized spacial score (nSPS) is 22.2. The third kappa shape index (κ3) is 3.61. The molecule has 1 saturated heterocycles. The van der Waals surface area contributed by atoms with E-state index in [1.165, 1.54) is 0 Å². The molecule has 2 aromatic carbocycles. The standard InChI is InChI=1S/C19H17Cl2NO4/c20-13-7-12(8-14(21)9-13)17-10-22(5-6-24-17)19(23)18-11-25-15-3-1-2-4-16(15)26-18/h1-4,7-9,17-18H,5-6,10-11H2. The highest BCUT2D eigenvalue weighted by Gasteiger charge is 2.34. The van der Waals surface area contributed by atoms with Gasteiger partial charge in [-0.25, -0.2) is 0 Å². The molecule has 2 aliphatic rings. The van der Waals surface area contributed by atoms with Gasteiger partial charge in [0.25, 0.3) is 5.91 Å². The number of hydrogen-bond acceptors (Lipinski definition) is 4. The molecule has 5 nitrogen and oxygen atoms in total. The molecule has 7 heteroatoms. The first-order valence-electron chi connectivity index (χ1n) is 8.35. The summed E-state index contributed by atoms with van der Waals surface area (Å²) in [5, 5.41) is 1.08. The first-order valence-corrected chi connectivity index (χ1v) is 9.10. The number of carbonyl (C=O) groups excluding carboxylic acids is 1. The van der Waals surface area contributed by atoms with E-state index in [-0.39, 0.29) is 18.6 Å². The van der Waals surface area contributed by atoms with Crippen molar-refractivity contribution in [1.82, 2.24) is 4.90 Å². The smallest absolute Gasteiger partial charge is 0.267 e. The average Bonchev–Trinajstić information content (AvgIpc) is 2.66. The number of carbonyl (C=O) groups is 1. The summed E-state index contributed by atoms with van der Waals surface area (Å²) in [7, 11) is 0. The van der Waals surface area contributed by atoms with Crippen molar-refractivity contribution in [2.45, 2.75) is 12.2 Å². The Bertz CT molecular complexity index is 809. The molecule has 0 aromatic heterocycles. The molecule has 1 fully saturated rings. The van der Waals surface area contributed by atoms with Gasteiger partial charge in [0.1, 0.15) is 12.7 Å². The fourth-order valence-corrected chi connectivity index (χ4v) is 3.70. The van der Waals surface area contributed by atoms with E-state index < -0.39 is 6.10 Å². The van der Waals surface area contributed by atoms with Crippen molar-refractivity contribution in [3.63, 3.8) is 0 Å². The lowest BCUT2D eigenvalue weighted by atomic mass is 10.1. The maximum absolute atomic E-state index is 12.9. The number of para-hydroxylation sites is 2.